The van der Waals surface area contributed by atoms with Crippen LogP contribution in [0.3, 0.4) is 0 Å². The van der Waals surface area contributed by atoms with Gasteiger partial charge in [0.15, 0.2) is 23.9 Å². The molecule has 2 aromatic carbocycles. The zero-order valence-electron chi connectivity index (χ0n) is 16.8. The van der Waals surface area contributed by atoms with Crippen molar-refractivity contribution in [1.82, 2.24) is 10.3 Å². The number of methoxy groups -OCH3 is 1. The number of Topliss-reactive ketones (excluding diaryl/α,β-unsaturated/α-hetero) is 1. The molecule has 0 saturated carbocycles. The lowest BCUT2D eigenvalue weighted by Gasteiger charge is -2.11. The number of amides is 1. The molecule has 1 aromatic heterocycles. The SMILES string of the molecule is COc1cc(C(C)=O)ccc1OCC(=O)NCc1nc(-c2ccc(Cl)cc2)c(C)s1. The molecule has 0 aliphatic heterocycles. The molecule has 3 rings (SSSR count). The van der Waals surface area contributed by atoms with Crippen LogP contribution in [-0.4, -0.2) is 30.4 Å². The number of halogens is 1. The standard InChI is InChI=1S/C22H21ClN2O4S/c1-13(26)16-6-9-18(19(10-16)28-3)29-12-20(27)24-11-21-25-22(14(2)30-21)15-4-7-17(23)8-5-15/h4-10H,11-12H2,1-3H3,(H,24,27). The van der Waals surface area contributed by atoms with Gasteiger partial charge in [-0.05, 0) is 44.2 Å². The highest BCUT2D eigenvalue weighted by molar-refractivity contribution is 7.12. The van der Waals surface area contributed by atoms with Crippen LogP contribution in [0.4, 0.5) is 0 Å². The third-order valence-corrected chi connectivity index (χ3v) is 5.55. The molecule has 0 spiro atoms. The molecule has 3 aromatic rings. The van der Waals surface area contributed by atoms with Crippen LogP contribution in [0.1, 0.15) is 27.2 Å². The first-order valence-corrected chi connectivity index (χ1v) is 10.4. The number of rotatable bonds is 8. The molecule has 1 N–H and O–H groups in total. The van der Waals surface area contributed by atoms with Gasteiger partial charge in [0, 0.05) is 21.0 Å². The van der Waals surface area contributed by atoms with E-state index in [2.05, 4.69) is 10.3 Å². The van der Waals surface area contributed by atoms with Crippen LogP contribution >= 0.6 is 22.9 Å². The zero-order valence-corrected chi connectivity index (χ0v) is 18.4. The maximum absolute atomic E-state index is 12.2. The van der Waals surface area contributed by atoms with Crippen LogP contribution in [-0.2, 0) is 11.3 Å². The number of benzene rings is 2. The number of carbonyl (C=O) groups excluding carboxylic acids is 2. The van der Waals surface area contributed by atoms with Gasteiger partial charge in [-0.15, -0.1) is 11.3 Å². The Bertz CT molecular complexity index is 1060. The lowest BCUT2D eigenvalue weighted by atomic mass is 10.1. The molecule has 1 heterocycles. The van der Waals surface area contributed by atoms with Gasteiger partial charge in [0.2, 0.25) is 0 Å². The highest BCUT2D eigenvalue weighted by Gasteiger charge is 2.13. The Morgan fingerprint density at radius 2 is 1.87 bits per heavy atom. The van der Waals surface area contributed by atoms with E-state index in [4.69, 9.17) is 21.1 Å². The quantitative estimate of drug-likeness (QED) is 0.510. The van der Waals surface area contributed by atoms with Crippen molar-refractivity contribution in [3.05, 3.63) is 62.9 Å². The number of nitrogens with one attached hydrogen (secondary N) is 1. The number of ether oxygens (including phenoxy) is 2. The summed E-state index contributed by atoms with van der Waals surface area (Å²) in [5.74, 6) is 0.439. The molecular weight excluding hydrogens is 424 g/mol. The lowest BCUT2D eigenvalue weighted by molar-refractivity contribution is -0.123. The predicted molar refractivity (Wildman–Crippen MR) is 118 cm³/mol. The number of nitrogens with zero attached hydrogens (tertiary/aromatic N) is 1. The summed E-state index contributed by atoms with van der Waals surface area (Å²) in [6.07, 6.45) is 0. The summed E-state index contributed by atoms with van der Waals surface area (Å²) in [6.45, 7) is 3.60. The molecule has 6 nitrogen and oxygen atoms in total. The van der Waals surface area contributed by atoms with E-state index in [0.29, 0.717) is 28.6 Å². The summed E-state index contributed by atoms with van der Waals surface area (Å²) in [5.41, 5.74) is 2.38. The van der Waals surface area contributed by atoms with Gasteiger partial charge in [-0.3, -0.25) is 9.59 Å². The highest BCUT2D eigenvalue weighted by Crippen LogP contribution is 2.29. The molecule has 0 atom stereocenters. The number of hydrogen-bond donors (Lipinski definition) is 1. The summed E-state index contributed by atoms with van der Waals surface area (Å²) in [5, 5.41) is 4.28. The minimum atomic E-state index is -0.284. The third-order valence-electron chi connectivity index (χ3n) is 4.32. The topological polar surface area (TPSA) is 77.5 Å². The molecule has 1 amide bonds. The Morgan fingerprint density at radius 3 is 2.53 bits per heavy atom. The van der Waals surface area contributed by atoms with Crippen molar-refractivity contribution in [2.24, 2.45) is 0 Å². The second-order valence-corrected chi connectivity index (χ2v) is 8.23. The van der Waals surface area contributed by atoms with E-state index in [1.807, 2.05) is 31.2 Å². The Hall–Kier alpha value is -2.90. The summed E-state index contributed by atoms with van der Waals surface area (Å²) in [6, 6.07) is 12.3. The zero-order chi connectivity index (χ0) is 21.7. The Kier molecular flexibility index (Phi) is 7.07. The molecule has 0 bridgehead atoms. The van der Waals surface area contributed by atoms with Crippen molar-refractivity contribution in [3.8, 4) is 22.8 Å². The van der Waals surface area contributed by atoms with Gasteiger partial charge in [0.1, 0.15) is 5.01 Å². The van der Waals surface area contributed by atoms with E-state index in [1.165, 1.54) is 25.4 Å². The second kappa shape index (κ2) is 9.73. The summed E-state index contributed by atoms with van der Waals surface area (Å²) < 4.78 is 10.8. The molecular formula is C22H21ClN2O4S. The number of ketones is 1. The van der Waals surface area contributed by atoms with E-state index < -0.39 is 0 Å². The van der Waals surface area contributed by atoms with E-state index in [1.54, 1.807) is 18.2 Å². The predicted octanol–water partition coefficient (Wildman–Crippen LogP) is 4.68. The maximum Gasteiger partial charge on any atom is 0.258 e. The van der Waals surface area contributed by atoms with Crippen LogP contribution in [0.25, 0.3) is 11.3 Å². The van der Waals surface area contributed by atoms with Gasteiger partial charge >= 0.3 is 0 Å². The molecule has 8 heteroatoms. The molecule has 0 radical (unpaired) electrons. The number of aryl methyl sites for hydroxylation is 1. The second-order valence-electron chi connectivity index (χ2n) is 6.51. The number of carbonyl (C=O) groups is 2. The molecule has 0 saturated heterocycles. The Morgan fingerprint density at radius 1 is 1.13 bits per heavy atom. The number of aromatic nitrogens is 1. The van der Waals surface area contributed by atoms with Crippen molar-refractivity contribution in [1.29, 1.82) is 0 Å². The maximum atomic E-state index is 12.2. The first-order valence-electron chi connectivity index (χ1n) is 9.18. The first-order chi connectivity index (χ1) is 14.4. The van der Waals surface area contributed by atoms with Gasteiger partial charge in [0.05, 0.1) is 19.3 Å². The monoisotopic (exact) mass is 444 g/mol. The fourth-order valence-corrected chi connectivity index (χ4v) is 3.80. The van der Waals surface area contributed by atoms with Crippen molar-refractivity contribution in [2.45, 2.75) is 20.4 Å². The minimum absolute atomic E-state index is 0.0747. The average Bonchev–Trinajstić information content (AvgIpc) is 3.11. The molecule has 0 aliphatic carbocycles. The molecule has 0 fully saturated rings. The molecule has 0 unspecified atom stereocenters. The van der Waals surface area contributed by atoms with E-state index in [-0.39, 0.29) is 18.3 Å². The minimum Gasteiger partial charge on any atom is -0.493 e. The molecule has 0 aliphatic rings. The van der Waals surface area contributed by atoms with Crippen molar-refractivity contribution in [2.75, 3.05) is 13.7 Å². The first kappa shape index (κ1) is 21.8. The molecule has 30 heavy (non-hydrogen) atoms. The Labute approximate surface area is 183 Å². The summed E-state index contributed by atoms with van der Waals surface area (Å²) in [7, 11) is 1.48. The normalized spacial score (nSPS) is 10.5. The number of thiazole rings is 1. The van der Waals surface area contributed by atoms with Crippen molar-refractivity contribution >= 4 is 34.6 Å². The third kappa shape index (κ3) is 5.37. The van der Waals surface area contributed by atoms with Crippen molar-refractivity contribution < 1.29 is 19.1 Å². The van der Waals surface area contributed by atoms with E-state index in [9.17, 15) is 9.59 Å². The van der Waals surface area contributed by atoms with Gasteiger partial charge in [0.25, 0.3) is 5.91 Å². The van der Waals surface area contributed by atoms with Gasteiger partial charge in [-0.1, -0.05) is 23.7 Å². The average molecular weight is 445 g/mol. The highest BCUT2D eigenvalue weighted by atomic mass is 35.5. The van der Waals surface area contributed by atoms with E-state index >= 15 is 0 Å². The number of hydrogen-bond acceptors (Lipinski definition) is 6. The summed E-state index contributed by atoms with van der Waals surface area (Å²) >= 11 is 7.47. The van der Waals surface area contributed by atoms with Gasteiger partial charge in [-0.2, -0.15) is 0 Å². The van der Waals surface area contributed by atoms with Crippen LogP contribution in [0.2, 0.25) is 5.02 Å². The van der Waals surface area contributed by atoms with E-state index in [0.717, 1.165) is 21.1 Å². The largest absolute Gasteiger partial charge is 0.493 e. The Balaban J connectivity index is 1.57. The van der Waals surface area contributed by atoms with Crippen LogP contribution < -0.4 is 14.8 Å². The smallest absolute Gasteiger partial charge is 0.258 e. The van der Waals surface area contributed by atoms with Gasteiger partial charge < -0.3 is 14.8 Å². The van der Waals surface area contributed by atoms with Crippen LogP contribution in [0.15, 0.2) is 42.5 Å². The van der Waals surface area contributed by atoms with Crippen LogP contribution in [0.5, 0.6) is 11.5 Å². The van der Waals surface area contributed by atoms with Crippen LogP contribution in [0, 0.1) is 6.92 Å². The summed E-state index contributed by atoms with van der Waals surface area (Å²) in [4.78, 5) is 29.4. The van der Waals surface area contributed by atoms with Gasteiger partial charge in [-0.25, -0.2) is 4.98 Å². The fourth-order valence-electron chi connectivity index (χ4n) is 2.78. The van der Waals surface area contributed by atoms with Crippen molar-refractivity contribution in [3.63, 3.8) is 0 Å². The fraction of sp³-hybridized carbons (Fsp3) is 0.227. The molecule has 156 valence electrons. The lowest BCUT2D eigenvalue weighted by Crippen LogP contribution is -2.28.